The Balaban J connectivity index is 0.00000117. The van der Waals surface area contributed by atoms with Crippen LogP contribution in [-0.4, -0.2) is 13.1 Å². The molecule has 1 nitrogen and oxygen atoms in total. The maximum Gasteiger partial charge on any atom is 0.416 e. The average molecular weight is 363 g/mol. The molecular formula is C22H28F3N. The van der Waals surface area contributed by atoms with E-state index in [1.54, 1.807) is 12.1 Å². The van der Waals surface area contributed by atoms with E-state index in [2.05, 4.69) is 36.1 Å². The van der Waals surface area contributed by atoms with E-state index in [0.717, 1.165) is 37.9 Å². The van der Waals surface area contributed by atoms with Gasteiger partial charge in [0, 0.05) is 18.8 Å². The van der Waals surface area contributed by atoms with Crippen molar-refractivity contribution in [1.29, 1.82) is 0 Å². The van der Waals surface area contributed by atoms with Crippen LogP contribution in [0.5, 0.6) is 0 Å². The molecular weight excluding hydrogens is 335 g/mol. The summed E-state index contributed by atoms with van der Waals surface area (Å²) in [5.41, 5.74) is 3.01. The first-order chi connectivity index (χ1) is 12.5. The third kappa shape index (κ3) is 5.03. The van der Waals surface area contributed by atoms with E-state index in [1.165, 1.54) is 23.4 Å². The van der Waals surface area contributed by atoms with E-state index in [4.69, 9.17) is 0 Å². The number of halogens is 3. The van der Waals surface area contributed by atoms with Crippen LogP contribution in [0.1, 0.15) is 56.2 Å². The summed E-state index contributed by atoms with van der Waals surface area (Å²) in [6.45, 7) is 8.03. The Hall–Kier alpha value is -1.97. The molecule has 0 spiro atoms. The Morgan fingerprint density at radius 2 is 1.42 bits per heavy atom. The van der Waals surface area contributed by atoms with E-state index in [1.807, 2.05) is 13.8 Å². The molecule has 1 saturated heterocycles. The molecule has 0 saturated carbocycles. The summed E-state index contributed by atoms with van der Waals surface area (Å²) >= 11 is 0. The Labute approximate surface area is 154 Å². The lowest BCUT2D eigenvalue weighted by molar-refractivity contribution is -0.137. The summed E-state index contributed by atoms with van der Waals surface area (Å²) in [6, 6.07) is 14.3. The molecule has 4 heteroatoms. The summed E-state index contributed by atoms with van der Waals surface area (Å²) in [7, 11) is 0. The van der Waals surface area contributed by atoms with Crippen LogP contribution >= 0.6 is 0 Å². The van der Waals surface area contributed by atoms with Crippen molar-refractivity contribution in [2.75, 3.05) is 18.0 Å². The van der Waals surface area contributed by atoms with Gasteiger partial charge in [-0.3, -0.25) is 0 Å². The lowest BCUT2D eigenvalue weighted by Crippen LogP contribution is -2.32. The van der Waals surface area contributed by atoms with E-state index < -0.39 is 11.7 Å². The fourth-order valence-corrected chi connectivity index (χ4v) is 3.36. The smallest absolute Gasteiger partial charge is 0.371 e. The van der Waals surface area contributed by atoms with Gasteiger partial charge in [0.15, 0.2) is 0 Å². The number of rotatable bonds is 3. The van der Waals surface area contributed by atoms with Crippen LogP contribution in [0.4, 0.5) is 18.9 Å². The van der Waals surface area contributed by atoms with Gasteiger partial charge in [0.1, 0.15) is 0 Å². The van der Waals surface area contributed by atoms with Crippen LogP contribution < -0.4 is 4.90 Å². The third-order valence-corrected chi connectivity index (χ3v) is 4.91. The quantitative estimate of drug-likeness (QED) is 0.588. The Morgan fingerprint density at radius 1 is 0.885 bits per heavy atom. The second kappa shape index (κ2) is 9.11. The minimum absolute atomic E-state index is 0.346. The monoisotopic (exact) mass is 363 g/mol. The van der Waals surface area contributed by atoms with Gasteiger partial charge in [0.2, 0.25) is 0 Å². The van der Waals surface area contributed by atoms with Gasteiger partial charge < -0.3 is 4.90 Å². The first-order valence-electron chi connectivity index (χ1n) is 9.48. The van der Waals surface area contributed by atoms with Gasteiger partial charge in [-0.25, -0.2) is 0 Å². The lowest BCUT2D eigenvalue weighted by atomic mass is 9.88. The van der Waals surface area contributed by atoms with E-state index in [9.17, 15) is 13.2 Å². The van der Waals surface area contributed by atoms with Crippen molar-refractivity contribution in [1.82, 2.24) is 0 Å². The summed E-state index contributed by atoms with van der Waals surface area (Å²) in [5.74, 6) is 0.346. The third-order valence-electron chi connectivity index (χ3n) is 4.91. The van der Waals surface area contributed by atoms with Crippen LogP contribution in [0, 0.1) is 0 Å². The Morgan fingerprint density at radius 3 is 1.88 bits per heavy atom. The molecule has 3 rings (SSSR count). The minimum atomic E-state index is -4.26. The van der Waals surface area contributed by atoms with Gasteiger partial charge in [-0.2, -0.15) is 13.2 Å². The Bertz CT molecular complexity index is 651. The fraction of sp³-hybridized carbons (Fsp3) is 0.455. The molecule has 0 atom stereocenters. The highest BCUT2D eigenvalue weighted by atomic mass is 19.4. The van der Waals surface area contributed by atoms with Crippen molar-refractivity contribution < 1.29 is 13.2 Å². The van der Waals surface area contributed by atoms with Crippen molar-refractivity contribution in [3.8, 4) is 0 Å². The Kier molecular flexibility index (Phi) is 7.13. The molecule has 142 valence electrons. The van der Waals surface area contributed by atoms with Crippen molar-refractivity contribution >= 4 is 5.69 Å². The van der Waals surface area contributed by atoms with Crippen LogP contribution in [0.25, 0.3) is 0 Å². The average Bonchev–Trinajstić information content (AvgIpc) is 2.69. The summed E-state index contributed by atoms with van der Waals surface area (Å²) < 4.78 is 37.9. The van der Waals surface area contributed by atoms with E-state index in [-0.39, 0.29) is 0 Å². The van der Waals surface area contributed by atoms with Gasteiger partial charge in [0.05, 0.1) is 5.56 Å². The number of hydrogen-bond donors (Lipinski definition) is 0. The molecule has 1 heterocycles. The van der Waals surface area contributed by atoms with Crippen molar-refractivity contribution in [2.24, 2.45) is 0 Å². The molecule has 1 fully saturated rings. The largest absolute Gasteiger partial charge is 0.416 e. The second-order valence-corrected chi connectivity index (χ2v) is 6.40. The van der Waals surface area contributed by atoms with Gasteiger partial charge in [-0.05, 0) is 60.6 Å². The number of nitrogens with zero attached hydrogens (tertiary/aromatic N) is 1. The molecule has 1 aliphatic heterocycles. The number of aryl methyl sites for hydroxylation is 1. The SMILES string of the molecule is CC.CCc1ccc(N2CCC(c3ccc(C(F)(F)F)cc3)CC2)cc1. The summed E-state index contributed by atoms with van der Waals surface area (Å²) in [6.07, 6.45) is -1.27. The molecule has 0 bridgehead atoms. The number of hydrogen-bond acceptors (Lipinski definition) is 1. The number of piperidine rings is 1. The van der Waals surface area contributed by atoms with Crippen molar-refractivity contribution in [3.05, 3.63) is 65.2 Å². The van der Waals surface area contributed by atoms with Gasteiger partial charge in [-0.15, -0.1) is 0 Å². The molecule has 0 aromatic heterocycles. The molecule has 0 radical (unpaired) electrons. The maximum absolute atomic E-state index is 12.6. The molecule has 1 aliphatic rings. The standard InChI is InChI=1S/C20H22F3N.C2H6/c1-2-15-3-9-19(10-4-15)24-13-11-17(12-14-24)16-5-7-18(8-6-16)20(21,22)23;1-2/h3-10,17H,2,11-14H2,1H3;1-2H3. The van der Waals surface area contributed by atoms with Crippen LogP contribution in [0.2, 0.25) is 0 Å². The number of anilines is 1. The minimum Gasteiger partial charge on any atom is -0.371 e. The van der Waals surface area contributed by atoms with Gasteiger partial charge in [0.25, 0.3) is 0 Å². The second-order valence-electron chi connectivity index (χ2n) is 6.40. The predicted molar refractivity (Wildman–Crippen MR) is 103 cm³/mol. The molecule has 0 aliphatic carbocycles. The van der Waals surface area contributed by atoms with Crippen molar-refractivity contribution in [2.45, 2.75) is 52.1 Å². The van der Waals surface area contributed by atoms with E-state index in [0.29, 0.717) is 5.92 Å². The molecule has 2 aromatic rings. The highest BCUT2D eigenvalue weighted by Gasteiger charge is 2.30. The lowest BCUT2D eigenvalue weighted by Gasteiger charge is -2.34. The zero-order valence-corrected chi connectivity index (χ0v) is 15.8. The van der Waals surface area contributed by atoms with Crippen molar-refractivity contribution in [3.63, 3.8) is 0 Å². The van der Waals surface area contributed by atoms with Gasteiger partial charge >= 0.3 is 6.18 Å². The molecule has 0 N–H and O–H groups in total. The number of alkyl halides is 3. The highest BCUT2D eigenvalue weighted by molar-refractivity contribution is 5.48. The van der Waals surface area contributed by atoms with Crippen LogP contribution in [0.15, 0.2) is 48.5 Å². The van der Waals surface area contributed by atoms with Gasteiger partial charge in [-0.1, -0.05) is 45.0 Å². The maximum atomic E-state index is 12.6. The first-order valence-corrected chi connectivity index (χ1v) is 9.48. The van der Waals surface area contributed by atoms with Crippen LogP contribution in [-0.2, 0) is 12.6 Å². The summed E-state index contributed by atoms with van der Waals surface area (Å²) in [4.78, 5) is 2.36. The summed E-state index contributed by atoms with van der Waals surface area (Å²) in [5, 5.41) is 0. The molecule has 0 unspecified atom stereocenters. The molecule has 26 heavy (non-hydrogen) atoms. The number of benzene rings is 2. The van der Waals surface area contributed by atoms with E-state index >= 15 is 0 Å². The molecule has 2 aromatic carbocycles. The fourth-order valence-electron chi connectivity index (χ4n) is 3.36. The highest BCUT2D eigenvalue weighted by Crippen LogP contribution is 2.33. The zero-order valence-electron chi connectivity index (χ0n) is 15.8. The van der Waals surface area contributed by atoms with Crippen LogP contribution in [0.3, 0.4) is 0 Å². The normalized spacial score (nSPS) is 15.4. The predicted octanol–water partition coefficient (Wildman–Crippen LogP) is 6.68. The topological polar surface area (TPSA) is 3.24 Å². The zero-order chi connectivity index (χ0) is 19.2. The molecule has 0 amide bonds. The first kappa shape index (κ1) is 20.3.